The third kappa shape index (κ3) is 1.99. The molecule has 2 saturated carbocycles. The number of hydrogen-bond donors (Lipinski definition) is 2. The minimum Gasteiger partial charge on any atom is -0.506 e. The van der Waals surface area contributed by atoms with Crippen LogP contribution < -0.4 is 0 Å². The smallest absolute Gasteiger partial charge is 0.144 e. The molecule has 4 rings (SSSR count). The molecule has 2 fully saturated rings. The first kappa shape index (κ1) is 15.5. The molecule has 0 amide bonds. The lowest BCUT2D eigenvalue weighted by Gasteiger charge is -2.50. The van der Waals surface area contributed by atoms with Gasteiger partial charge in [-0.2, -0.15) is 0 Å². The highest BCUT2D eigenvalue weighted by molar-refractivity contribution is 9.11. The Bertz CT molecular complexity index is 630. The van der Waals surface area contributed by atoms with E-state index in [1.807, 2.05) is 0 Å². The van der Waals surface area contributed by atoms with Gasteiger partial charge in [-0.05, 0) is 111 Å². The quantitative estimate of drug-likeness (QED) is 0.599. The van der Waals surface area contributed by atoms with E-state index in [0.29, 0.717) is 23.5 Å². The van der Waals surface area contributed by atoms with Crippen molar-refractivity contribution in [2.45, 2.75) is 57.5 Å². The summed E-state index contributed by atoms with van der Waals surface area (Å²) < 4.78 is 1.66. The van der Waals surface area contributed by atoms with Crippen LogP contribution in [-0.2, 0) is 6.42 Å². The van der Waals surface area contributed by atoms with Gasteiger partial charge < -0.3 is 10.2 Å². The van der Waals surface area contributed by atoms with Crippen LogP contribution in [0.3, 0.4) is 0 Å². The molecule has 2 nitrogen and oxygen atoms in total. The van der Waals surface area contributed by atoms with Gasteiger partial charge in [0.05, 0.1) is 15.0 Å². The third-order valence-electron chi connectivity index (χ3n) is 6.84. The van der Waals surface area contributed by atoms with Gasteiger partial charge in [0.25, 0.3) is 0 Å². The van der Waals surface area contributed by atoms with Crippen molar-refractivity contribution in [3.63, 3.8) is 0 Å². The molecule has 120 valence electrons. The van der Waals surface area contributed by atoms with Gasteiger partial charge in [0, 0.05) is 0 Å². The number of phenols is 1. The fourth-order valence-corrected chi connectivity index (χ4v) is 6.96. The largest absolute Gasteiger partial charge is 0.506 e. The van der Waals surface area contributed by atoms with Crippen LogP contribution >= 0.6 is 31.9 Å². The molecule has 1 aromatic carbocycles. The summed E-state index contributed by atoms with van der Waals surface area (Å²) in [6, 6.07) is 2.14. The molecule has 22 heavy (non-hydrogen) atoms. The zero-order chi connectivity index (χ0) is 15.6. The van der Waals surface area contributed by atoms with Crippen molar-refractivity contribution < 1.29 is 10.2 Å². The number of benzene rings is 1. The Labute approximate surface area is 148 Å². The molecule has 0 aliphatic heterocycles. The molecule has 0 radical (unpaired) electrons. The first-order valence-corrected chi connectivity index (χ1v) is 9.90. The molecule has 0 aromatic heterocycles. The number of phenolic OH excluding ortho intramolecular Hbond substituents is 1. The van der Waals surface area contributed by atoms with E-state index >= 15 is 0 Å². The van der Waals surface area contributed by atoms with E-state index in [1.54, 1.807) is 0 Å². The van der Waals surface area contributed by atoms with E-state index in [1.165, 1.54) is 24.0 Å². The number of aromatic hydroxyl groups is 1. The lowest BCUT2D eigenvalue weighted by molar-refractivity contribution is -0.0226. The zero-order valence-corrected chi connectivity index (χ0v) is 16.0. The van der Waals surface area contributed by atoms with Crippen LogP contribution in [-0.4, -0.2) is 16.3 Å². The topological polar surface area (TPSA) is 40.5 Å². The van der Waals surface area contributed by atoms with E-state index in [-0.39, 0.29) is 11.5 Å². The number of fused-ring (bicyclic) bond motifs is 5. The summed E-state index contributed by atoms with van der Waals surface area (Å²) in [6.07, 6.45) is 6.53. The fourth-order valence-electron chi connectivity index (χ4n) is 5.61. The van der Waals surface area contributed by atoms with Gasteiger partial charge in [-0.3, -0.25) is 0 Å². The summed E-state index contributed by atoms with van der Waals surface area (Å²) in [4.78, 5) is 0. The lowest BCUT2D eigenvalue weighted by atomic mass is 9.55. The van der Waals surface area contributed by atoms with Crippen LogP contribution in [0.25, 0.3) is 0 Å². The van der Waals surface area contributed by atoms with Crippen molar-refractivity contribution in [3.8, 4) is 5.75 Å². The Morgan fingerprint density at radius 2 is 1.95 bits per heavy atom. The first-order chi connectivity index (χ1) is 10.4. The molecule has 1 aromatic rings. The maximum absolute atomic E-state index is 10.4. The molecule has 0 spiro atoms. The van der Waals surface area contributed by atoms with E-state index in [9.17, 15) is 10.2 Å². The Morgan fingerprint density at radius 1 is 1.18 bits per heavy atom. The lowest BCUT2D eigenvalue weighted by Crippen LogP contribution is -2.44. The average molecular weight is 430 g/mol. The van der Waals surface area contributed by atoms with Gasteiger partial charge in [0.15, 0.2) is 0 Å². The molecular weight excluding hydrogens is 408 g/mol. The zero-order valence-electron chi connectivity index (χ0n) is 12.8. The molecule has 3 aliphatic carbocycles. The first-order valence-electron chi connectivity index (χ1n) is 8.31. The second-order valence-electron chi connectivity index (χ2n) is 7.64. The molecule has 0 bridgehead atoms. The highest BCUT2D eigenvalue weighted by Crippen LogP contribution is 2.61. The minimum absolute atomic E-state index is 0.113. The average Bonchev–Trinajstić information content (AvgIpc) is 2.80. The summed E-state index contributed by atoms with van der Waals surface area (Å²) >= 11 is 7.09. The second-order valence-corrected chi connectivity index (χ2v) is 9.29. The molecular formula is C18H22Br2O2. The van der Waals surface area contributed by atoms with Crippen molar-refractivity contribution in [2.75, 3.05) is 0 Å². The Morgan fingerprint density at radius 3 is 2.73 bits per heavy atom. The van der Waals surface area contributed by atoms with Crippen LogP contribution in [0.4, 0.5) is 0 Å². The molecule has 2 N–H and O–H groups in total. The van der Waals surface area contributed by atoms with Crippen molar-refractivity contribution >= 4 is 31.9 Å². The minimum atomic E-state index is -0.113. The second kappa shape index (κ2) is 5.22. The summed E-state index contributed by atoms with van der Waals surface area (Å²) in [5.74, 6) is 2.25. The maximum Gasteiger partial charge on any atom is 0.144 e. The van der Waals surface area contributed by atoms with E-state index in [4.69, 9.17) is 0 Å². The summed E-state index contributed by atoms with van der Waals surface area (Å²) in [6.45, 7) is 2.31. The summed E-state index contributed by atoms with van der Waals surface area (Å²) in [7, 11) is 0. The number of hydrogen-bond acceptors (Lipinski definition) is 2. The van der Waals surface area contributed by atoms with Gasteiger partial charge in [-0.1, -0.05) is 6.92 Å². The van der Waals surface area contributed by atoms with Crippen LogP contribution in [0.2, 0.25) is 0 Å². The van der Waals surface area contributed by atoms with Gasteiger partial charge in [0.2, 0.25) is 0 Å². The van der Waals surface area contributed by atoms with Gasteiger partial charge in [-0.15, -0.1) is 0 Å². The van der Waals surface area contributed by atoms with E-state index in [2.05, 4.69) is 44.8 Å². The van der Waals surface area contributed by atoms with Gasteiger partial charge in [0.1, 0.15) is 5.75 Å². The van der Waals surface area contributed by atoms with E-state index in [0.717, 1.165) is 34.6 Å². The molecule has 3 aliphatic rings. The number of rotatable bonds is 0. The predicted octanol–water partition coefficient (Wildman–Crippen LogP) is 5.13. The van der Waals surface area contributed by atoms with Crippen molar-refractivity contribution in [1.29, 1.82) is 0 Å². The van der Waals surface area contributed by atoms with E-state index < -0.39 is 0 Å². The van der Waals surface area contributed by atoms with Crippen LogP contribution in [0.15, 0.2) is 15.0 Å². The SMILES string of the molecule is C[C@]12CC[C@@H]3c4cc(Br)c(O)c(Br)c4CC[C@@H]3[C@@H]1CC[C@@H]2O. The van der Waals surface area contributed by atoms with Crippen LogP contribution in [0.1, 0.15) is 56.1 Å². The molecule has 0 saturated heterocycles. The van der Waals surface area contributed by atoms with Crippen molar-refractivity contribution in [2.24, 2.45) is 17.3 Å². The predicted molar refractivity (Wildman–Crippen MR) is 94.1 cm³/mol. The van der Waals surface area contributed by atoms with Crippen molar-refractivity contribution in [1.82, 2.24) is 0 Å². The molecule has 0 unspecified atom stereocenters. The Balaban J connectivity index is 1.76. The normalized spacial score (nSPS) is 40.0. The fraction of sp³-hybridized carbons (Fsp3) is 0.667. The maximum atomic E-state index is 10.4. The third-order valence-corrected chi connectivity index (χ3v) is 8.30. The van der Waals surface area contributed by atoms with Crippen LogP contribution in [0.5, 0.6) is 5.75 Å². The standard InChI is InChI=1S/C18H22Br2O2/c1-18-7-6-9-10(13(18)4-5-15(18)21)2-3-11-12(9)8-14(19)17(22)16(11)20/h8-10,13,15,21-22H,2-7H2,1H3/t9-,10-,13-,15-,18-/m0/s1. The monoisotopic (exact) mass is 428 g/mol. The van der Waals surface area contributed by atoms with Gasteiger partial charge in [-0.25, -0.2) is 0 Å². The Kier molecular flexibility index (Phi) is 3.67. The number of aliphatic hydroxyl groups is 1. The Hall–Kier alpha value is -0.0600. The summed E-state index contributed by atoms with van der Waals surface area (Å²) in [5, 5.41) is 20.6. The van der Waals surface area contributed by atoms with Crippen LogP contribution in [0, 0.1) is 17.3 Å². The highest BCUT2D eigenvalue weighted by atomic mass is 79.9. The molecule has 0 heterocycles. The summed E-state index contributed by atoms with van der Waals surface area (Å²) in [5.41, 5.74) is 2.84. The number of aliphatic hydroxyl groups excluding tert-OH is 1. The van der Waals surface area contributed by atoms with Gasteiger partial charge >= 0.3 is 0 Å². The highest BCUT2D eigenvalue weighted by Gasteiger charge is 2.54. The van der Waals surface area contributed by atoms with Crippen molar-refractivity contribution in [3.05, 3.63) is 26.1 Å². The molecule has 5 atom stereocenters. The number of halogens is 2. The molecule has 4 heteroatoms.